The average Bonchev–Trinajstić information content (AvgIpc) is 3.42. The molecule has 1 fully saturated rings. The van der Waals surface area contributed by atoms with Crippen molar-refractivity contribution < 1.29 is 0 Å². The minimum Gasteiger partial charge on any atom is -0.355 e. The number of halogens is 1. The monoisotopic (exact) mass is 500 g/mol. The van der Waals surface area contributed by atoms with Crippen molar-refractivity contribution in [2.24, 2.45) is 4.99 Å². The number of aromatic nitrogens is 3. The fraction of sp³-hybridized carbons (Fsp3) is 0.632. The fourth-order valence-electron chi connectivity index (χ4n) is 4.30. The van der Waals surface area contributed by atoms with Crippen molar-refractivity contribution in [3.8, 4) is 0 Å². The smallest absolute Gasteiger partial charge is 0.191 e. The SMILES string of the molecule is CN=C(NCc1nnc2n1CCC2)NCC1(c2cccs2)CCCCC1.I. The zero-order chi connectivity index (χ0) is 17.8. The van der Waals surface area contributed by atoms with Gasteiger partial charge in [0.25, 0.3) is 0 Å². The van der Waals surface area contributed by atoms with Gasteiger partial charge in [-0.25, -0.2) is 0 Å². The maximum Gasteiger partial charge on any atom is 0.191 e. The van der Waals surface area contributed by atoms with Crippen LogP contribution in [0.2, 0.25) is 0 Å². The van der Waals surface area contributed by atoms with Gasteiger partial charge in [0.2, 0.25) is 0 Å². The number of rotatable bonds is 5. The fourth-order valence-corrected chi connectivity index (χ4v) is 5.28. The summed E-state index contributed by atoms with van der Waals surface area (Å²) >= 11 is 1.89. The van der Waals surface area contributed by atoms with E-state index >= 15 is 0 Å². The largest absolute Gasteiger partial charge is 0.355 e. The van der Waals surface area contributed by atoms with Crippen LogP contribution >= 0.6 is 35.3 Å². The van der Waals surface area contributed by atoms with E-state index in [0.717, 1.165) is 37.1 Å². The summed E-state index contributed by atoms with van der Waals surface area (Å²) in [6.45, 7) is 2.64. The van der Waals surface area contributed by atoms with Crippen LogP contribution in [0, 0.1) is 0 Å². The molecule has 2 aliphatic rings. The van der Waals surface area contributed by atoms with Crippen LogP contribution in [0.4, 0.5) is 0 Å². The number of thiophene rings is 1. The van der Waals surface area contributed by atoms with Crippen molar-refractivity contribution in [3.05, 3.63) is 34.0 Å². The Morgan fingerprint density at radius 1 is 1.22 bits per heavy atom. The highest BCUT2D eigenvalue weighted by molar-refractivity contribution is 14.0. The molecule has 0 saturated heterocycles. The Kier molecular flexibility index (Phi) is 7.13. The first kappa shape index (κ1) is 20.6. The zero-order valence-corrected chi connectivity index (χ0v) is 19.1. The number of nitrogens with zero attached hydrogens (tertiary/aromatic N) is 4. The number of aryl methyl sites for hydroxylation is 1. The molecule has 0 aromatic carbocycles. The molecule has 1 aliphatic heterocycles. The number of aliphatic imine (C=N–C) groups is 1. The third kappa shape index (κ3) is 4.47. The second-order valence-electron chi connectivity index (χ2n) is 7.39. The van der Waals surface area contributed by atoms with Crippen molar-refractivity contribution in [2.75, 3.05) is 13.6 Å². The van der Waals surface area contributed by atoms with Crippen LogP contribution in [0.1, 0.15) is 55.1 Å². The van der Waals surface area contributed by atoms with Crippen molar-refractivity contribution in [1.82, 2.24) is 25.4 Å². The lowest BCUT2D eigenvalue weighted by atomic mass is 9.73. The first-order valence-electron chi connectivity index (χ1n) is 9.70. The molecule has 3 heterocycles. The van der Waals surface area contributed by atoms with Crippen LogP contribution in [0.25, 0.3) is 0 Å². The number of hydrogen-bond donors (Lipinski definition) is 2. The molecule has 2 N–H and O–H groups in total. The third-order valence-electron chi connectivity index (χ3n) is 5.77. The van der Waals surface area contributed by atoms with Gasteiger partial charge in [-0.1, -0.05) is 25.3 Å². The van der Waals surface area contributed by atoms with Crippen molar-refractivity contribution in [1.29, 1.82) is 0 Å². The first-order valence-corrected chi connectivity index (χ1v) is 10.6. The Morgan fingerprint density at radius 2 is 2.07 bits per heavy atom. The number of guanidine groups is 1. The quantitative estimate of drug-likeness (QED) is 0.375. The van der Waals surface area contributed by atoms with Gasteiger partial charge in [0.05, 0.1) is 6.54 Å². The summed E-state index contributed by atoms with van der Waals surface area (Å²) < 4.78 is 2.23. The number of hydrogen-bond acceptors (Lipinski definition) is 4. The molecule has 0 radical (unpaired) electrons. The Morgan fingerprint density at radius 3 is 2.81 bits per heavy atom. The van der Waals surface area contributed by atoms with E-state index in [1.807, 2.05) is 18.4 Å². The molecule has 2 aromatic rings. The number of fused-ring (bicyclic) bond motifs is 1. The predicted molar refractivity (Wildman–Crippen MR) is 121 cm³/mol. The van der Waals surface area contributed by atoms with Gasteiger partial charge < -0.3 is 15.2 Å². The molecule has 6 nitrogen and oxygen atoms in total. The van der Waals surface area contributed by atoms with Crippen molar-refractivity contribution >= 4 is 41.3 Å². The molecule has 148 valence electrons. The van der Waals surface area contributed by atoms with E-state index in [0.29, 0.717) is 6.54 Å². The van der Waals surface area contributed by atoms with E-state index in [1.165, 1.54) is 43.4 Å². The summed E-state index contributed by atoms with van der Waals surface area (Å²) in [5, 5.41) is 17.8. The van der Waals surface area contributed by atoms with Crippen LogP contribution in [0.5, 0.6) is 0 Å². The summed E-state index contributed by atoms with van der Waals surface area (Å²) in [7, 11) is 1.84. The Hall–Kier alpha value is -1.16. The standard InChI is InChI=1S/C19H28N6S.HI/c1-20-18(21-13-17-24-23-16-8-5-11-25(16)17)22-14-19(9-3-2-4-10-19)15-7-6-12-26-15;/h6-7,12H,2-5,8-11,13-14H2,1H3,(H2,20,21,22);1H. The third-order valence-corrected chi connectivity index (χ3v) is 6.89. The van der Waals surface area contributed by atoms with E-state index in [2.05, 4.69) is 47.9 Å². The van der Waals surface area contributed by atoms with E-state index in [9.17, 15) is 0 Å². The minimum atomic E-state index is 0. The Bertz CT molecular complexity index is 748. The molecule has 2 aromatic heterocycles. The topological polar surface area (TPSA) is 67.1 Å². The van der Waals surface area contributed by atoms with Crippen LogP contribution < -0.4 is 10.6 Å². The molecule has 27 heavy (non-hydrogen) atoms. The van der Waals surface area contributed by atoms with Gasteiger partial charge in [-0.15, -0.1) is 45.5 Å². The molecule has 1 aliphatic carbocycles. The molecule has 8 heteroatoms. The summed E-state index contributed by atoms with van der Waals surface area (Å²) in [5.74, 6) is 2.97. The second kappa shape index (κ2) is 9.36. The van der Waals surface area contributed by atoms with Crippen LogP contribution in [-0.2, 0) is 24.9 Å². The van der Waals surface area contributed by atoms with Gasteiger partial charge in [0, 0.05) is 36.9 Å². The molecule has 0 unspecified atom stereocenters. The Labute approximate surface area is 182 Å². The highest BCUT2D eigenvalue weighted by Crippen LogP contribution is 2.41. The van der Waals surface area contributed by atoms with Gasteiger partial charge in [-0.3, -0.25) is 4.99 Å². The van der Waals surface area contributed by atoms with Crippen LogP contribution in [-0.4, -0.2) is 34.3 Å². The van der Waals surface area contributed by atoms with Crippen molar-refractivity contribution in [2.45, 2.75) is 63.5 Å². The van der Waals surface area contributed by atoms with E-state index in [4.69, 9.17) is 0 Å². The molecule has 0 amide bonds. The van der Waals surface area contributed by atoms with Crippen LogP contribution in [0.15, 0.2) is 22.5 Å². The van der Waals surface area contributed by atoms with E-state index in [1.54, 1.807) is 0 Å². The summed E-state index contributed by atoms with van der Waals surface area (Å²) in [5.41, 5.74) is 0.250. The zero-order valence-electron chi connectivity index (χ0n) is 15.9. The molecular weight excluding hydrogens is 471 g/mol. The molecule has 0 spiro atoms. The summed E-state index contributed by atoms with van der Waals surface area (Å²) in [6, 6.07) is 4.47. The maximum absolute atomic E-state index is 4.42. The van der Waals surface area contributed by atoms with Gasteiger partial charge in [-0.2, -0.15) is 0 Å². The lowest BCUT2D eigenvalue weighted by molar-refractivity contribution is 0.296. The molecule has 0 atom stereocenters. The lowest BCUT2D eigenvalue weighted by Crippen LogP contribution is -2.46. The summed E-state index contributed by atoms with van der Waals surface area (Å²) in [4.78, 5) is 5.93. The number of nitrogens with one attached hydrogen (secondary N) is 2. The first-order chi connectivity index (χ1) is 12.8. The van der Waals surface area contributed by atoms with Crippen molar-refractivity contribution in [3.63, 3.8) is 0 Å². The molecular formula is C19H29IN6S. The highest BCUT2D eigenvalue weighted by atomic mass is 127. The van der Waals surface area contributed by atoms with E-state index in [-0.39, 0.29) is 29.4 Å². The lowest BCUT2D eigenvalue weighted by Gasteiger charge is -2.37. The van der Waals surface area contributed by atoms with Gasteiger partial charge >= 0.3 is 0 Å². The normalized spacial score (nSPS) is 18.6. The molecule has 1 saturated carbocycles. The summed E-state index contributed by atoms with van der Waals surface area (Å²) in [6.07, 6.45) is 8.73. The predicted octanol–water partition coefficient (Wildman–Crippen LogP) is 3.47. The van der Waals surface area contributed by atoms with Gasteiger partial charge in [0.1, 0.15) is 5.82 Å². The average molecular weight is 500 g/mol. The maximum atomic E-state index is 4.42. The Balaban J connectivity index is 0.00000210. The van der Waals surface area contributed by atoms with Crippen LogP contribution in [0.3, 0.4) is 0 Å². The minimum absolute atomic E-state index is 0. The molecule has 0 bridgehead atoms. The van der Waals surface area contributed by atoms with E-state index < -0.39 is 0 Å². The highest BCUT2D eigenvalue weighted by Gasteiger charge is 2.34. The molecule has 4 rings (SSSR count). The van der Waals surface area contributed by atoms with Gasteiger partial charge in [-0.05, 0) is 30.7 Å². The second-order valence-corrected chi connectivity index (χ2v) is 8.33. The van der Waals surface area contributed by atoms with Gasteiger partial charge in [0.15, 0.2) is 11.8 Å².